The number of carbonyl (C=O) groups is 1. The number of nitrogens with zero attached hydrogens (tertiary/aromatic N) is 1. The van der Waals surface area contributed by atoms with Crippen LogP contribution in [0.2, 0.25) is 0 Å². The normalized spacial score (nSPS) is 16.0. The summed E-state index contributed by atoms with van der Waals surface area (Å²) >= 11 is 0. The van der Waals surface area contributed by atoms with Gasteiger partial charge in [0, 0.05) is 29.0 Å². The third-order valence-electron chi connectivity index (χ3n) is 4.69. The molecule has 0 fully saturated rings. The highest BCUT2D eigenvalue weighted by Crippen LogP contribution is 2.40. The molecule has 2 heterocycles. The Kier molecular flexibility index (Phi) is 4.50. The molecule has 3 aromatic rings. The summed E-state index contributed by atoms with van der Waals surface area (Å²) in [6.07, 6.45) is 0.528. The van der Waals surface area contributed by atoms with Crippen LogP contribution in [0.15, 0.2) is 72.1 Å². The van der Waals surface area contributed by atoms with Gasteiger partial charge < -0.3 is 15.2 Å². The minimum absolute atomic E-state index is 0.0953. The van der Waals surface area contributed by atoms with E-state index in [4.69, 9.17) is 20.2 Å². The van der Waals surface area contributed by atoms with Crippen molar-refractivity contribution in [1.29, 1.82) is 0 Å². The molecule has 0 bridgehead atoms. The first-order valence-electron chi connectivity index (χ1n) is 8.95. The molecule has 2 N–H and O–H groups in total. The summed E-state index contributed by atoms with van der Waals surface area (Å²) in [7, 11) is 0. The number of carbonyl (C=O) groups excluding carboxylic acids is 1. The van der Waals surface area contributed by atoms with Gasteiger partial charge in [-0.3, -0.25) is 4.98 Å². The van der Waals surface area contributed by atoms with Gasteiger partial charge in [-0.2, -0.15) is 0 Å². The average Bonchev–Trinajstić information content (AvgIpc) is 2.68. The molecule has 27 heavy (non-hydrogen) atoms. The van der Waals surface area contributed by atoms with E-state index < -0.39 is 5.97 Å². The summed E-state index contributed by atoms with van der Waals surface area (Å²) in [6, 6.07) is 19.6. The predicted octanol–water partition coefficient (Wildman–Crippen LogP) is 3.69. The molecular weight excluding hydrogens is 340 g/mol. The number of benzene rings is 2. The van der Waals surface area contributed by atoms with E-state index in [0.717, 1.165) is 22.2 Å². The zero-order valence-electron chi connectivity index (χ0n) is 15.0. The summed E-state index contributed by atoms with van der Waals surface area (Å²) in [5.41, 5.74) is 9.16. The van der Waals surface area contributed by atoms with Gasteiger partial charge in [0.15, 0.2) is 0 Å². The number of pyridine rings is 1. The van der Waals surface area contributed by atoms with E-state index in [1.165, 1.54) is 0 Å². The summed E-state index contributed by atoms with van der Waals surface area (Å²) in [6.45, 7) is 2.05. The molecule has 1 aliphatic heterocycles. The van der Waals surface area contributed by atoms with Gasteiger partial charge in [0.25, 0.3) is 0 Å². The first-order chi connectivity index (χ1) is 13.2. The van der Waals surface area contributed by atoms with Crippen molar-refractivity contribution in [2.75, 3.05) is 6.61 Å². The molecule has 4 rings (SSSR count). The number of ether oxygens (including phenoxy) is 2. The van der Waals surface area contributed by atoms with E-state index in [9.17, 15) is 4.79 Å². The van der Waals surface area contributed by atoms with Gasteiger partial charge in [-0.05, 0) is 25.1 Å². The van der Waals surface area contributed by atoms with Crippen LogP contribution >= 0.6 is 0 Å². The van der Waals surface area contributed by atoms with Crippen LogP contribution in [0.4, 0.5) is 0 Å². The average molecular weight is 360 g/mol. The van der Waals surface area contributed by atoms with E-state index in [1.807, 2.05) is 60.7 Å². The highest BCUT2D eigenvalue weighted by molar-refractivity contribution is 5.91. The lowest BCUT2D eigenvalue weighted by Gasteiger charge is -2.28. The van der Waals surface area contributed by atoms with Crippen molar-refractivity contribution in [3.8, 4) is 5.75 Å². The number of aromatic nitrogens is 1. The quantitative estimate of drug-likeness (QED) is 0.718. The van der Waals surface area contributed by atoms with E-state index in [0.29, 0.717) is 17.7 Å². The van der Waals surface area contributed by atoms with E-state index in [-0.39, 0.29) is 18.4 Å². The van der Waals surface area contributed by atoms with Gasteiger partial charge in [-0.1, -0.05) is 42.5 Å². The van der Waals surface area contributed by atoms with Crippen LogP contribution in [0.3, 0.4) is 0 Å². The second-order valence-electron chi connectivity index (χ2n) is 6.39. The van der Waals surface area contributed by atoms with Crippen molar-refractivity contribution in [3.05, 3.63) is 83.4 Å². The number of hydrogen-bond donors (Lipinski definition) is 1. The van der Waals surface area contributed by atoms with Crippen molar-refractivity contribution in [2.24, 2.45) is 5.73 Å². The SMILES string of the molecule is CCOC(=O)C1=C(N)Oc2ccccc2C1Cc1ccc2ccccc2n1. The topological polar surface area (TPSA) is 74.4 Å². The van der Waals surface area contributed by atoms with Crippen LogP contribution in [-0.4, -0.2) is 17.6 Å². The molecular formula is C22H20N2O3. The summed E-state index contributed by atoms with van der Waals surface area (Å²) in [5.74, 6) is 0.0322. The van der Waals surface area contributed by atoms with Crippen molar-refractivity contribution < 1.29 is 14.3 Å². The molecule has 136 valence electrons. The lowest BCUT2D eigenvalue weighted by atomic mass is 9.85. The second-order valence-corrected chi connectivity index (χ2v) is 6.39. The first kappa shape index (κ1) is 17.1. The van der Waals surface area contributed by atoms with Crippen molar-refractivity contribution in [3.63, 3.8) is 0 Å². The lowest BCUT2D eigenvalue weighted by Crippen LogP contribution is -2.28. The molecule has 0 saturated carbocycles. The van der Waals surface area contributed by atoms with Crippen LogP contribution in [0.5, 0.6) is 5.75 Å². The largest absolute Gasteiger partial charge is 0.462 e. The molecule has 0 aliphatic carbocycles. The number of esters is 1. The van der Waals surface area contributed by atoms with Gasteiger partial charge in [0.2, 0.25) is 5.88 Å². The molecule has 2 aromatic carbocycles. The van der Waals surface area contributed by atoms with Gasteiger partial charge in [-0.25, -0.2) is 4.79 Å². The number of fused-ring (bicyclic) bond motifs is 2. The van der Waals surface area contributed by atoms with Crippen LogP contribution < -0.4 is 10.5 Å². The van der Waals surface area contributed by atoms with Crippen molar-refractivity contribution in [1.82, 2.24) is 4.98 Å². The molecule has 1 aliphatic rings. The number of rotatable bonds is 4. The fraction of sp³-hybridized carbons (Fsp3) is 0.182. The minimum atomic E-state index is -0.449. The molecule has 5 nitrogen and oxygen atoms in total. The Labute approximate surface area is 157 Å². The third-order valence-corrected chi connectivity index (χ3v) is 4.69. The summed E-state index contributed by atoms with van der Waals surface area (Å²) in [5, 5.41) is 1.08. The molecule has 0 saturated heterocycles. The number of nitrogens with two attached hydrogens (primary N) is 1. The Morgan fingerprint density at radius 2 is 1.89 bits per heavy atom. The smallest absolute Gasteiger partial charge is 0.340 e. The van der Waals surface area contributed by atoms with Crippen LogP contribution in [0, 0.1) is 0 Å². The Balaban J connectivity index is 1.77. The second kappa shape index (κ2) is 7.11. The molecule has 0 radical (unpaired) electrons. The zero-order valence-corrected chi connectivity index (χ0v) is 15.0. The molecule has 1 atom stereocenters. The van der Waals surface area contributed by atoms with Gasteiger partial charge >= 0.3 is 5.97 Å². The lowest BCUT2D eigenvalue weighted by molar-refractivity contribution is -0.139. The molecule has 1 aromatic heterocycles. The fourth-order valence-electron chi connectivity index (χ4n) is 3.46. The third kappa shape index (κ3) is 3.24. The van der Waals surface area contributed by atoms with Gasteiger partial charge in [0.1, 0.15) is 11.3 Å². The Morgan fingerprint density at radius 1 is 1.11 bits per heavy atom. The van der Waals surface area contributed by atoms with Gasteiger partial charge in [0.05, 0.1) is 12.1 Å². The number of para-hydroxylation sites is 2. The highest BCUT2D eigenvalue weighted by atomic mass is 16.5. The molecule has 0 spiro atoms. The standard InChI is InChI=1S/C22H20N2O3/c1-2-26-22(25)20-17(16-8-4-6-10-19(16)27-21(20)23)13-15-12-11-14-7-3-5-9-18(14)24-15/h3-12,17H,2,13,23H2,1H3. The fourth-order valence-corrected chi connectivity index (χ4v) is 3.46. The monoisotopic (exact) mass is 360 g/mol. The number of hydrogen-bond acceptors (Lipinski definition) is 5. The predicted molar refractivity (Wildman–Crippen MR) is 103 cm³/mol. The summed E-state index contributed by atoms with van der Waals surface area (Å²) < 4.78 is 10.9. The maximum absolute atomic E-state index is 12.6. The molecule has 5 heteroatoms. The minimum Gasteiger partial charge on any atom is -0.462 e. The highest BCUT2D eigenvalue weighted by Gasteiger charge is 2.34. The molecule has 0 amide bonds. The molecule has 1 unspecified atom stereocenters. The van der Waals surface area contributed by atoms with Crippen molar-refractivity contribution >= 4 is 16.9 Å². The van der Waals surface area contributed by atoms with Crippen LogP contribution in [0.1, 0.15) is 24.1 Å². The maximum atomic E-state index is 12.6. The Morgan fingerprint density at radius 3 is 2.74 bits per heavy atom. The first-order valence-corrected chi connectivity index (χ1v) is 8.95. The van der Waals surface area contributed by atoms with E-state index in [1.54, 1.807) is 6.92 Å². The Bertz CT molecular complexity index is 1040. The van der Waals surface area contributed by atoms with Crippen LogP contribution in [0.25, 0.3) is 10.9 Å². The zero-order chi connectivity index (χ0) is 18.8. The van der Waals surface area contributed by atoms with Gasteiger partial charge in [-0.15, -0.1) is 0 Å². The summed E-state index contributed by atoms with van der Waals surface area (Å²) in [4.78, 5) is 17.3. The van der Waals surface area contributed by atoms with Crippen LogP contribution in [-0.2, 0) is 16.0 Å². The maximum Gasteiger partial charge on any atom is 0.340 e. The van der Waals surface area contributed by atoms with E-state index >= 15 is 0 Å². The van der Waals surface area contributed by atoms with Crippen molar-refractivity contribution in [2.45, 2.75) is 19.3 Å². The Hall–Kier alpha value is -3.34. The van der Waals surface area contributed by atoms with E-state index in [2.05, 4.69) is 0 Å².